The maximum atomic E-state index is 2.47. The fourth-order valence-electron chi connectivity index (χ4n) is 8.66. The van der Waals surface area contributed by atoms with Crippen molar-refractivity contribution in [3.8, 4) is 27.9 Å². The first kappa shape index (κ1) is 30.9. The van der Waals surface area contributed by atoms with Crippen LogP contribution in [0.25, 0.3) is 38.8 Å². The van der Waals surface area contributed by atoms with E-state index in [1.807, 2.05) is 0 Å². The second-order valence-corrected chi connectivity index (χ2v) is 13.7. The van der Waals surface area contributed by atoms with E-state index in [1.165, 1.54) is 49.9 Å². The van der Waals surface area contributed by atoms with Crippen LogP contribution in [-0.4, -0.2) is 4.57 Å². The molecular formula is C51H36N2. The van der Waals surface area contributed by atoms with Crippen LogP contribution >= 0.6 is 0 Å². The highest BCUT2D eigenvalue weighted by Gasteiger charge is 2.46. The number of rotatable bonds is 7. The van der Waals surface area contributed by atoms with E-state index >= 15 is 0 Å². The summed E-state index contributed by atoms with van der Waals surface area (Å²) in [5.74, 6) is 0. The van der Waals surface area contributed by atoms with Crippen LogP contribution in [0, 0.1) is 0 Å². The van der Waals surface area contributed by atoms with Gasteiger partial charge < -0.3 is 9.47 Å². The van der Waals surface area contributed by atoms with E-state index in [2.05, 4.69) is 228 Å². The van der Waals surface area contributed by atoms with Gasteiger partial charge in [-0.2, -0.15) is 0 Å². The van der Waals surface area contributed by atoms with Crippen LogP contribution in [0.15, 0.2) is 219 Å². The van der Waals surface area contributed by atoms with Crippen LogP contribution in [0.3, 0.4) is 0 Å². The summed E-state index contributed by atoms with van der Waals surface area (Å²) in [6.45, 7) is 0. The molecule has 250 valence electrons. The van der Waals surface area contributed by atoms with E-state index in [0.29, 0.717) is 0 Å². The van der Waals surface area contributed by atoms with Crippen LogP contribution in [-0.2, 0) is 5.41 Å². The lowest BCUT2D eigenvalue weighted by molar-refractivity contribution is 0.769. The SMILES string of the molecule is c1ccc(N(c2ccccc2)c2cccc3c(-c4ccc5c(c4)C(c4ccccc4)(c4ccccc4)c4ccccc4-5)cn(-c4ccccc4)c23)cc1. The van der Waals surface area contributed by atoms with Crippen molar-refractivity contribution >= 4 is 28.0 Å². The Kier molecular flexibility index (Phi) is 7.40. The van der Waals surface area contributed by atoms with Gasteiger partial charge in [0.15, 0.2) is 0 Å². The maximum Gasteiger partial charge on any atom is 0.0777 e. The summed E-state index contributed by atoms with van der Waals surface area (Å²) in [7, 11) is 0. The van der Waals surface area contributed by atoms with Crippen molar-refractivity contribution in [1.29, 1.82) is 0 Å². The number of anilines is 3. The predicted molar refractivity (Wildman–Crippen MR) is 221 cm³/mol. The van der Waals surface area contributed by atoms with Gasteiger partial charge in [0.25, 0.3) is 0 Å². The molecule has 1 aromatic heterocycles. The number of para-hydroxylation sites is 4. The van der Waals surface area contributed by atoms with Gasteiger partial charge in [0.1, 0.15) is 0 Å². The highest BCUT2D eigenvalue weighted by molar-refractivity contribution is 6.06. The standard InChI is InChI=1S/C51H36N2/c1-6-19-38(20-7-1)51(39-21-8-2-9-22-39)47-31-17-16-29-43(47)44-34-33-37(35-48(44)51)46-36-52(40-23-10-3-11-24-40)50-45(46)30-18-32-49(50)53(41-25-12-4-13-26-41)42-27-14-5-15-28-42/h1-36H. The van der Waals surface area contributed by atoms with Gasteiger partial charge in [0, 0.05) is 34.2 Å². The molecule has 0 spiro atoms. The lowest BCUT2D eigenvalue weighted by Gasteiger charge is -2.34. The normalized spacial score (nSPS) is 12.7. The minimum atomic E-state index is -0.467. The highest BCUT2D eigenvalue weighted by Crippen LogP contribution is 2.57. The van der Waals surface area contributed by atoms with Crippen LogP contribution < -0.4 is 4.90 Å². The molecule has 0 aliphatic heterocycles. The maximum absolute atomic E-state index is 2.47. The van der Waals surface area contributed by atoms with Crippen LogP contribution in [0.1, 0.15) is 22.3 Å². The predicted octanol–water partition coefficient (Wildman–Crippen LogP) is 13.1. The van der Waals surface area contributed by atoms with Crippen LogP contribution in [0.5, 0.6) is 0 Å². The topological polar surface area (TPSA) is 8.17 Å². The van der Waals surface area contributed by atoms with E-state index in [0.717, 1.165) is 28.3 Å². The van der Waals surface area contributed by atoms with Gasteiger partial charge in [-0.3, -0.25) is 0 Å². The first-order valence-electron chi connectivity index (χ1n) is 18.3. The third-order valence-corrected chi connectivity index (χ3v) is 10.9. The lowest BCUT2D eigenvalue weighted by atomic mass is 9.67. The minimum Gasteiger partial charge on any atom is -0.314 e. The Morgan fingerprint density at radius 2 is 0.925 bits per heavy atom. The summed E-state index contributed by atoms with van der Waals surface area (Å²) >= 11 is 0. The molecule has 0 saturated heterocycles. The van der Waals surface area contributed by atoms with Gasteiger partial charge in [-0.25, -0.2) is 0 Å². The van der Waals surface area contributed by atoms with E-state index in [-0.39, 0.29) is 0 Å². The Morgan fingerprint density at radius 1 is 0.396 bits per heavy atom. The van der Waals surface area contributed by atoms with Crippen molar-refractivity contribution in [3.05, 3.63) is 241 Å². The fraction of sp³-hybridized carbons (Fsp3) is 0.0196. The first-order chi connectivity index (χ1) is 26.3. The average molecular weight is 677 g/mol. The lowest BCUT2D eigenvalue weighted by Crippen LogP contribution is -2.28. The Hall–Kier alpha value is -6.90. The molecule has 0 N–H and O–H groups in total. The zero-order valence-corrected chi connectivity index (χ0v) is 29.2. The molecule has 0 fully saturated rings. The van der Waals surface area contributed by atoms with Crippen molar-refractivity contribution in [2.75, 3.05) is 4.90 Å². The van der Waals surface area contributed by atoms with Gasteiger partial charge in [-0.05, 0) is 87.5 Å². The third kappa shape index (κ3) is 4.87. The van der Waals surface area contributed by atoms with Gasteiger partial charge in [-0.15, -0.1) is 0 Å². The molecule has 0 radical (unpaired) electrons. The number of fused-ring (bicyclic) bond motifs is 4. The number of nitrogens with zero attached hydrogens (tertiary/aromatic N) is 2. The molecule has 2 heteroatoms. The van der Waals surface area contributed by atoms with Crippen LogP contribution in [0.4, 0.5) is 17.1 Å². The Labute approximate surface area is 310 Å². The summed E-state index contributed by atoms with van der Waals surface area (Å²) < 4.78 is 2.38. The third-order valence-electron chi connectivity index (χ3n) is 10.9. The van der Waals surface area contributed by atoms with Crippen LogP contribution in [0.2, 0.25) is 0 Å². The number of hydrogen-bond acceptors (Lipinski definition) is 1. The molecule has 0 saturated carbocycles. The number of benzene rings is 8. The first-order valence-corrected chi connectivity index (χ1v) is 18.3. The van der Waals surface area contributed by atoms with Gasteiger partial charge >= 0.3 is 0 Å². The van der Waals surface area contributed by atoms with Gasteiger partial charge in [-0.1, -0.05) is 164 Å². The monoisotopic (exact) mass is 676 g/mol. The van der Waals surface area contributed by atoms with E-state index in [1.54, 1.807) is 0 Å². The molecular weight excluding hydrogens is 641 g/mol. The minimum absolute atomic E-state index is 0.467. The molecule has 1 aliphatic carbocycles. The highest BCUT2D eigenvalue weighted by atomic mass is 15.2. The molecule has 10 rings (SSSR count). The molecule has 0 amide bonds. The largest absolute Gasteiger partial charge is 0.314 e. The molecule has 9 aromatic rings. The summed E-state index contributed by atoms with van der Waals surface area (Å²) in [5.41, 5.74) is 15.3. The zero-order chi connectivity index (χ0) is 35.2. The van der Waals surface area contributed by atoms with Crippen molar-refractivity contribution < 1.29 is 0 Å². The van der Waals surface area contributed by atoms with E-state index in [9.17, 15) is 0 Å². The molecule has 2 nitrogen and oxygen atoms in total. The molecule has 8 aromatic carbocycles. The molecule has 0 atom stereocenters. The number of aromatic nitrogens is 1. The van der Waals surface area contributed by atoms with Crippen molar-refractivity contribution in [2.45, 2.75) is 5.41 Å². The summed E-state index contributed by atoms with van der Waals surface area (Å²) in [6.07, 6.45) is 2.34. The molecule has 1 aliphatic rings. The second kappa shape index (κ2) is 12.7. The Bertz CT molecular complexity index is 2620. The van der Waals surface area contributed by atoms with Gasteiger partial charge in [0.2, 0.25) is 0 Å². The van der Waals surface area contributed by atoms with E-state index < -0.39 is 5.41 Å². The number of hydrogen-bond donors (Lipinski definition) is 0. The summed E-state index contributed by atoms with van der Waals surface area (Å²) in [5, 5.41) is 1.20. The second-order valence-electron chi connectivity index (χ2n) is 13.7. The average Bonchev–Trinajstić information content (AvgIpc) is 3.78. The Morgan fingerprint density at radius 3 is 1.55 bits per heavy atom. The molecule has 1 heterocycles. The van der Waals surface area contributed by atoms with Crippen molar-refractivity contribution in [1.82, 2.24) is 4.57 Å². The van der Waals surface area contributed by atoms with E-state index in [4.69, 9.17) is 0 Å². The fourth-order valence-corrected chi connectivity index (χ4v) is 8.66. The zero-order valence-electron chi connectivity index (χ0n) is 29.2. The van der Waals surface area contributed by atoms with Gasteiger partial charge in [0.05, 0.1) is 16.6 Å². The summed E-state index contributed by atoms with van der Waals surface area (Å²) in [6, 6.07) is 77.0. The van der Waals surface area contributed by atoms with Crippen molar-refractivity contribution in [3.63, 3.8) is 0 Å². The quantitative estimate of drug-likeness (QED) is 0.163. The smallest absolute Gasteiger partial charge is 0.0777 e. The molecule has 0 bridgehead atoms. The molecule has 0 unspecified atom stereocenters. The summed E-state index contributed by atoms with van der Waals surface area (Å²) in [4.78, 5) is 2.38. The van der Waals surface area contributed by atoms with Crippen molar-refractivity contribution in [2.24, 2.45) is 0 Å². The Balaban J connectivity index is 1.26. The molecule has 53 heavy (non-hydrogen) atoms.